The van der Waals surface area contributed by atoms with Crippen molar-refractivity contribution in [3.8, 4) is 5.75 Å². The van der Waals surface area contributed by atoms with Crippen LogP contribution in [0.4, 0.5) is 10.5 Å². The third-order valence-corrected chi connectivity index (χ3v) is 3.10. The average Bonchev–Trinajstić information content (AvgIpc) is 2.35. The zero-order valence-corrected chi connectivity index (χ0v) is 10.9. The van der Waals surface area contributed by atoms with E-state index < -0.39 is 6.03 Å². The lowest BCUT2D eigenvalue weighted by atomic mass is 9.84. The predicted molar refractivity (Wildman–Crippen MR) is 71.2 cm³/mol. The Bertz CT molecular complexity index is 526. The number of hydrogen-bond acceptors (Lipinski definition) is 3. The van der Waals surface area contributed by atoms with E-state index in [1.165, 1.54) is 0 Å². The Kier molecular flexibility index (Phi) is 3.33. The molecular formula is C13H17N3O3. The number of hydrogen-bond donors (Lipinski definition) is 3. The highest BCUT2D eigenvalue weighted by Gasteiger charge is 2.24. The molecule has 4 N–H and O–H groups in total. The van der Waals surface area contributed by atoms with Gasteiger partial charge in [0, 0.05) is 12.0 Å². The summed E-state index contributed by atoms with van der Waals surface area (Å²) in [6.07, 6.45) is 0. The van der Waals surface area contributed by atoms with Gasteiger partial charge in [-0.15, -0.1) is 0 Å². The second-order valence-corrected chi connectivity index (χ2v) is 5.15. The Labute approximate surface area is 111 Å². The van der Waals surface area contributed by atoms with Gasteiger partial charge in [0.2, 0.25) is 0 Å². The van der Waals surface area contributed by atoms with Crippen LogP contribution in [0.2, 0.25) is 0 Å². The number of carbonyl (C=O) groups is 2. The van der Waals surface area contributed by atoms with E-state index in [9.17, 15) is 9.59 Å². The first-order valence-corrected chi connectivity index (χ1v) is 5.99. The first-order valence-electron chi connectivity index (χ1n) is 5.99. The van der Waals surface area contributed by atoms with Crippen molar-refractivity contribution < 1.29 is 14.3 Å². The first-order chi connectivity index (χ1) is 8.88. The van der Waals surface area contributed by atoms with Gasteiger partial charge in [-0.1, -0.05) is 19.9 Å². The average molecular weight is 263 g/mol. The third kappa shape index (κ3) is 2.96. The summed E-state index contributed by atoms with van der Waals surface area (Å²) in [5.41, 5.74) is 6.41. The second kappa shape index (κ2) is 4.79. The molecule has 1 aromatic carbocycles. The van der Waals surface area contributed by atoms with Crippen molar-refractivity contribution in [2.24, 2.45) is 5.73 Å². The molecule has 1 aliphatic rings. The minimum Gasteiger partial charge on any atom is -0.482 e. The summed E-state index contributed by atoms with van der Waals surface area (Å²) in [5, 5.41) is 5.35. The van der Waals surface area contributed by atoms with Gasteiger partial charge < -0.3 is 21.1 Å². The van der Waals surface area contributed by atoms with E-state index in [1.807, 2.05) is 32.0 Å². The molecule has 1 heterocycles. The van der Waals surface area contributed by atoms with Crippen LogP contribution >= 0.6 is 0 Å². The van der Waals surface area contributed by atoms with E-state index in [-0.39, 0.29) is 17.9 Å². The van der Waals surface area contributed by atoms with E-state index in [1.54, 1.807) is 0 Å². The minimum atomic E-state index is -0.553. The fourth-order valence-corrected chi connectivity index (χ4v) is 1.91. The maximum atomic E-state index is 11.3. The molecule has 1 aromatic rings. The number of urea groups is 1. The molecule has 0 atom stereocenters. The number of ether oxygens (including phenoxy) is 1. The molecule has 2 rings (SSSR count). The van der Waals surface area contributed by atoms with Gasteiger partial charge in [0.05, 0.1) is 5.69 Å². The molecule has 1 aliphatic heterocycles. The van der Waals surface area contributed by atoms with Crippen LogP contribution < -0.4 is 21.1 Å². The molecule has 0 fully saturated rings. The lowest BCUT2D eigenvalue weighted by Gasteiger charge is -2.27. The van der Waals surface area contributed by atoms with Gasteiger partial charge in [-0.05, 0) is 17.7 Å². The van der Waals surface area contributed by atoms with Gasteiger partial charge in [0.25, 0.3) is 5.91 Å². The highest BCUT2D eigenvalue weighted by atomic mass is 16.5. The first kappa shape index (κ1) is 13.2. The fraction of sp³-hybridized carbons (Fsp3) is 0.385. The highest BCUT2D eigenvalue weighted by Crippen LogP contribution is 2.33. The molecule has 0 saturated heterocycles. The summed E-state index contributed by atoms with van der Waals surface area (Å²) in [6, 6.07) is 5.03. The van der Waals surface area contributed by atoms with Crippen LogP contribution in [0.3, 0.4) is 0 Å². The van der Waals surface area contributed by atoms with Crippen molar-refractivity contribution in [2.75, 3.05) is 18.5 Å². The Morgan fingerprint density at radius 3 is 2.95 bits per heavy atom. The van der Waals surface area contributed by atoms with Gasteiger partial charge in [0.15, 0.2) is 6.61 Å². The largest absolute Gasteiger partial charge is 0.482 e. The number of benzene rings is 1. The molecule has 6 heteroatoms. The molecule has 0 aliphatic carbocycles. The molecule has 19 heavy (non-hydrogen) atoms. The van der Waals surface area contributed by atoms with Crippen LogP contribution in [0.15, 0.2) is 18.2 Å². The molecular weight excluding hydrogens is 246 g/mol. The number of nitrogens with one attached hydrogen (secondary N) is 2. The Morgan fingerprint density at radius 1 is 1.53 bits per heavy atom. The normalized spacial score (nSPS) is 14.1. The molecule has 0 bridgehead atoms. The van der Waals surface area contributed by atoms with Crippen molar-refractivity contribution >= 4 is 17.6 Å². The number of primary amides is 1. The maximum absolute atomic E-state index is 11.3. The number of amides is 3. The topological polar surface area (TPSA) is 93.5 Å². The van der Waals surface area contributed by atoms with E-state index in [2.05, 4.69) is 10.6 Å². The van der Waals surface area contributed by atoms with Crippen molar-refractivity contribution in [3.05, 3.63) is 23.8 Å². The van der Waals surface area contributed by atoms with Gasteiger partial charge in [-0.2, -0.15) is 0 Å². The highest BCUT2D eigenvalue weighted by molar-refractivity contribution is 5.95. The van der Waals surface area contributed by atoms with E-state index in [0.29, 0.717) is 18.0 Å². The maximum Gasteiger partial charge on any atom is 0.312 e. The van der Waals surface area contributed by atoms with Crippen molar-refractivity contribution in [1.82, 2.24) is 5.32 Å². The lowest BCUT2D eigenvalue weighted by molar-refractivity contribution is -0.118. The molecule has 0 aromatic heterocycles. The van der Waals surface area contributed by atoms with E-state index >= 15 is 0 Å². The quantitative estimate of drug-likeness (QED) is 0.758. The number of rotatable bonds is 3. The number of fused-ring (bicyclic) bond motifs is 1. The molecule has 0 saturated carbocycles. The Balaban J connectivity index is 2.23. The molecule has 0 spiro atoms. The fourth-order valence-electron chi connectivity index (χ4n) is 1.91. The van der Waals surface area contributed by atoms with Crippen LogP contribution in [0.5, 0.6) is 5.75 Å². The van der Waals surface area contributed by atoms with Crippen molar-refractivity contribution in [1.29, 1.82) is 0 Å². The van der Waals surface area contributed by atoms with Gasteiger partial charge in [-0.3, -0.25) is 4.79 Å². The lowest BCUT2D eigenvalue weighted by Crippen LogP contribution is -2.39. The molecule has 0 unspecified atom stereocenters. The van der Waals surface area contributed by atoms with Crippen LogP contribution in [0.1, 0.15) is 19.4 Å². The van der Waals surface area contributed by atoms with Gasteiger partial charge in [0.1, 0.15) is 5.75 Å². The molecule has 6 nitrogen and oxygen atoms in total. The smallest absolute Gasteiger partial charge is 0.312 e. The summed E-state index contributed by atoms with van der Waals surface area (Å²) in [4.78, 5) is 22.1. The van der Waals surface area contributed by atoms with Gasteiger partial charge >= 0.3 is 6.03 Å². The summed E-state index contributed by atoms with van der Waals surface area (Å²) in [5.74, 6) is 0.486. The summed E-state index contributed by atoms with van der Waals surface area (Å²) in [7, 11) is 0. The van der Waals surface area contributed by atoms with Crippen molar-refractivity contribution in [2.45, 2.75) is 19.3 Å². The monoisotopic (exact) mass is 263 g/mol. The van der Waals surface area contributed by atoms with Crippen LogP contribution in [-0.2, 0) is 10.2 Å². The summed E-state index contributed by atoms with van der Waals surface area (Å²) >= 11 is 0. The van der Waals surface area contributed by atoms with Crippen molar-refractivity contribution in [3.63, 3.8) is 0 Å². The van der Waals surface area contributed by atoms with Crippen LogP contribution in [-0.4, -0.2) is 25.1 Å². The third-order valence-electron chi connectivity index (χ3n) is 3.10. The summed E-state index contributed by atoms with van der Waals surface area (Å²) in [6.45, 7) is 4.42. The molecule has 102 valence electrons. The van der Waals surface area contributed by atoms with Crippen LogP contribution in [0.25, 0.3) is 0 Å². The number of nitrogens with two attached hydrogens (primary N) is 1. The Morgan fingerprint density at radius 2 is 2.26 bits per heavy atom. The zero-order chi connectivity index (χ0) is 14.0. The predicted octanol–water partition coefficient (Wildman–Crippen LogP) is 0.963. The second-order valence-electron chi connectivity index (χ2n) is 5.15. The van der Waals surface area contributed by atoms with Gasteiger partial charge in [-0.25, -0.2) is 4.79 Å². The molecule has 0 radical (unpaired) electrons. The standard InChI is InChI=1S/C13H17N3O3/c1-13(2,7-15-12(14)18)8-3-4-10-9(5-8)16-11(17)6-19-10/h3-5H,6-7H2,1-2H3,(H,16,17)(H3,14,15,18). The van der Waals surface area contributed by atoms with Crippen LogP contribution in [0, 0.1) is 0 Å². The Hall–Kier alpha value is -2.24. The van der Waals surface area contributed by atoms with E-state index in [4.69, 9.17) is 10.5 Å². The SMILES string of the molecule is CC(C)(CNC(N)=O)c1ccc2c(c1)NC(=O)CO2. The number of anilines is 1. The number of carbonyl (C=O) groups excluding carboxylic acids is 2. The molecule has 3 amide bonds. The minimum absolute atomic E-state index is 0.0406. The van der Waals surface area contributed by atoms with E-state index in [0.717, 1.165) is 5.56 Å². The summed E-state index contributed by atoms with van der Waals surface area (Å²) < 4.78 is 5.30. The zero-order valence-electron chi connectivity index (χ0n) is 10.9.